The average molecular weight is 486 g/mol. The normalized spacial score (nSPS) is 12.0. The number of hydrogen-bond donors (Lipinski definition) is 1. The van der Waals surface area contributed by atoms with Crippen molar-refractivity contribution in [2.75, 3.05) is 19.5 Å². The van der Waals surface area contributed by atoms with E-state index >= 15 is 0 Å². The minimum Gasteiger partial charge on any atom is -0.493 e. The number of carbonyl (C=O) groups is 1. The van der Waals surface area contributed by atoms with Gasteiger partial charge in [-0.05, 0) is 31.2 Å². The summed E-state index contributed by atoms with van der Waals surface area (Å²) in [5, 5.41) is 12.9. The molecule has 0 aliphatic heterocycles. The van der Waals surface area contributed by atoms with Crippen LogP contribution in [0.5, 0.6) is 11.5 Å². The summed E-state index contributed by atoms with van der Waals surface area (Å²) in [4.78, 5) is 17.9. The van der Waals surface area contributed by atoms with Crippen LogP contribution in [0.15, 0.2) is 78.0 Å². The van der Waals surface area contributed by atoms with E-state index in [-0.39, 0.29) is 5.91 Å². The Bertz CT molecular complexity index is 1520. The van der Waals surface area contributed by atoms with E-state index in [1.807, 2.05) is 65.9 Å². The molecular weight excluding hydrogens is 462 g/mol. The number of ether oxygens (including phenoxy) is 2. The molecule has 0 saturated carbocycles. The number of aromatic nitrogens is 4. The van der Waals surface area contributed by atoms with Gasteiger partial charge < -0.3 is 14.8 Å². The van der Waals surface area contributed by atoms with Crippen molar-refractivity contribution in [1.82, 2.24) is 19.6 Å². The van der Waals surface area contributed by atoms with Crippen LogP contribution in [0, 0.1) is 0 Å². The van der Waals surface area contributed by atoms with Crippen molar-refractivity contribution >= 4 is 39.9 Å². The summed E-state index contributed by atoms with van der Waals surface area (Å²) < 4.78 is 12.5. The van der Waals surface area contributed by atoms with Gasteiger partial charge in [-0.25, -0.2) is 4.98 Å². The van der Waals surface area contributed by atoms with Gasteiger partial charge in [0, 0.05) is 22.7 Å². The maximum Gasteiger partial charge on any atom is 0.237 e. The summed E-state index contributed by atoms with van der Waals surface area (Å²) in [6.45, 7) is 1.83. The summed E-state index contributed by atoms with van der Waals surface area (Å²) in [7, 11) is 3.12. The van der Waals surface area contributed by atoms with E-state index in [0.717, 1.165) is 22.3 Å². The first-order valence-corrected chi connectivity index (χ1v) is 11.9. The molecule has 0 aliphatic rings. The standard InChI is InChI=1S/C26H23N5O3S/c1-16(25(32)27-18-13-14-21(33-2)22(15-18)34-3)35-26-30-29-24-19-11-7-8-12-20(19)28-23(31(24)26)17-9-5-4-6-10-17/h4-16H,1-3H3,(H,27,32)/t16-/m0/s1. The molecule has 9 heteroatoms. The number of para-hydroxylation sites is 1. The topological polar surface area (TPSA) is 90.6 Å². The van der Waals surface area contributed by atoms with Gasteiger partial charge in [-0.15, -0.1) is 10.2 Å². The van der Waals surface area contributed by atoms with Crippen LogP contribution in [0.25, 0.3) is 27.9 Å². The largest absolute Gasteiger partial charge is 0.493 e. The van der Waals surface area contributed by atoms with Crippen LogP contribution in [-0.2, 0) is 4.79 Å². The van der Waals surface area contributed by atoms with Crippen molar-refractivity contribution in [3.8, 4) is 22.9 Å². The number of rotatable bonds is 7. The molecule has 0 spiro atoms. The molecule has 0 saturated heterocycles. The zero-order chi connectivity index (χ0) is 24.4. The van der Waals surface area contributed by atoms with Crippen LogP contribution in [0.2, 0.25) is 0 Å². The maximum absolute atomic E-state index is 13.0. The van der Waals surface area contributed by atoms with Crippen molar-refractivity contribution in [2.24, 2.45) is 0 Å². The minimum absolute atomic E-state index is 0.172. The quantitative estimate of drug-likeness (QED) is 0.322. The van der Waals surface area contributed by atoms with Crippen LogP contribution < -0.4 is 14.8 Å². The van der Waals surface area contributed by atoms with E-state index < -0.39 is 5.25 Å². The predicted molar refractivity (Wildman–Crippen MR) is 137 cm³/mol. The number of nitrogens with zero attached hydrogens (tertiary/aromatic N) is 4. The molecule has 0 bridgehead atoms. The van der Waals surface area contributed by atoms with Crippen LogP contribution in [-0.4, -0.2) is 45.0 Å². The summed E-state index contributed by atoms with van der Waals surface area (Å²) in [6.07, 6.45) is 0. The SMILES string of the molecule is COc1ccc(NC(=O)[C@H](C)Sc2nnc3c4ccccc4nc(-c4ccccc4)n23)cc1OC. The zero-order valence-electron chi connectivity index (χ0n) is 19.4. The molecule has 1 N–H and O–H groups in total. The van der Waals surface area contributed by atoms with Gasteiger partial charge in [0.1, 0.15) is 5.82 Å². The van der Waals surface area contributed by atoms with E-state index in [4.69, 9.17) is 14.5 Å². The highest BCUT2D eigenvalue weighted by molar-refractivity contribution is 8.00. The first kappa shape index (κ1) is 22.7. The van der Waals surface area contributed by atoms with Crippen LogP contribution >= 0.6 is 11.8 Å². The van der Waals surface area contributed by atoms with Gasteiger partial charge in [0.25, 0.3) is 0 Å². The third-order valence-electron chi connectivity index (χ3n) is 5.55. The second-order valence-corrected chi connectivity index (χ2v) is 9.09. The Kier molecular flexibility index (Phi) is 6.24. The number of fused-ring (bicyclic) bond motifs is 3. The smallest absolute Gasteiger partial charge is 0.237 e. The Morgan fingerprint density at radius 3 is 2.46 bits per heavy atom. The fourth-order valence-corrected chi connectivity index (χ4v) is 4.63. The molecule has 0 aliphatic carbocycles. The molecule has 176 valence electrons. The van der Waals surface area contributed by atoms with Crippen molar-refractivity contribution in [3.63, 3.8) is 0 Å². The van der Waals surface area contributed by atoms with Gasteiger partial charge in [-0.3, -0.25) is 9.20 Å². The van der Waals surface area contributed by atoms with Crippen molar-refractivity contribution in [3.05, 3.63) is 72.8 Å². The first-order valence-electron chi connectivity index (χ1n) is 11.0. The van der Waals surface area contributed by atoms with Gasteiger partial charge >= 0.3 is 0 Å². The number of carbonyl (C=O) groups excluding carboxylic acids is 1. The van der Waals surface area contributed by atoms with Gasteiger partial charge in [0.05, 0.1) is 25.0 Å². The lowest BCUT2D eigenvalue weighted by molar-refractivity contribution is -0.115. The van der Waals surface area contributed by atoms with Gasteiger partial charge in [-0.2, -0.15) is 0 Å². The van der Waals surface area contributed by atoms with Crippen molar-refractivity contribution in [1.29, 1.82) is 0 Å². The highest BCUT2D eigenvalue weighted by Gasteiger charge is 2.22. The molecule has 0 radical (unpaired) electrons. The molecule has 3 aromatic carbocycles. The van der Waals surface area contributed by atoms with E-state index in [1.165, 1.54) is 11.8 Å². The Hall–Kier alpha value is -4.11. The number of methoxy groups -OCH3 is 2. The highest BCUT2D eigenvalue weighted by atomic mass is 32.2. The predicted octanol–water partition coefficient (Wildman–Crippen LogP) is 5.08. The molecule has 1 amide bonds. The molecule has 5 aromatic rings. The number of thioether (sulfide) groups is 1. The minimum atomic E-state index is -0.453. The highest BCUT2D eigenvalue weighted by Crippen LogP contribution is 2.32. The Labute approximate surface area is 206 Å². The summed E-state index contributed by atoms with van der Waals surface area (Å²) >= 11 is 1.32. The Balaban J connectivity index is 1.48. The molecule has 8 nitrogen and oxygen atoms in total. The van der Waals surface area contributed by atoms with Crippen molar-refractivity contribution in [2.45, 2.75) is 17.3 Å². The van der Waals surface area contributed by atoms with Gasteiger partial charge in [0.2, 0.25) is 5.91 Å². The van der Waals surface area contributed by atoms with Crippen LogP contribution in [0.1, 0.15) is 6.92 Å². The van der Waals surface area contributed by atoms with Crippen LogP contribution in [0.4, 0.5) is 5.69 Å². The Morgan fingerprint density at radius 1 is 0.943 bits per heavy atom. The molecule has 5 rings (SSSR count). The molecule has 2 heterocycles. The van der Waals surface area contributed by atoms with E-state index in [9.17, 15) is 4.79 Å². The van der Waals surface area contributed by atoms with Gasteiger partial charge in [0.15, 0.2) is 22.3 Å². The molecule has 0 unspecified atom stereocenters. The third-order valence-corrected chi connectivity index (χ3v) is 6.59. The molecule has 0 fully saturated rings. The third kappa shape index (κ3) is 4.38. The number of amides is 1. The van der Waals surface area contributed by atoms with Crippen molar-refractivity contribution < 1.29 is 14.3 Å². The summed E-state index contributed by atoms with van der Waals surface area (Å²) in [5.41, 5.74) is 3.09. The molecule has 2 aromatic heterocycles. The van der Waals surface area contributed by atoms with E-state index in [2.05, 4.69) is 15.5 Å². The van der Waals surface area contributed by atoms with Gasteiger partial charge in [-0.1, -0.05) is 54.2 Å². The fourth-order valence-electron chi connectivity index (χ4n) is 3.79. The summed E-state index contributed by atoms with van der Waals surface area (Å²) in [6, 6.07) is 23.0. The number of nitrogens with one attached hydrogen (secondary N) is 1. The monoisotopic (exact) mass is 485 g/mol. The molecular formula is C26H23N5O3S. The van der Waals surface area contributed by atoms with E-state index in [0.29, 0.717) is 28.0 Å². The Morgan fingerprint density at radius 2 is 1.69 bits per heavy atom. The van der Waals surface area contributed by atoms with E-state index in [1.54, 1.807) is 32.4 Å². The number of hydrogen-bond acceptors (Lipinski definition) is 7. The van der Waals surface area contributed by atoms with Crippen LogP contribution in [0.3, 0.4) is 0 Å². The molecule has 35 heavy (non-hydrogen) atoms. The lowest BCUT2D eigenvalue weighted by Gasteiger charge is -2.14. The maximum atomic E-state index is 13.0. The second kappa shape index (κ2) is 9.63. The second-order valence-electron chi connectivity index (χ2n) is 7.78. The number of anilines is 1. The average Bonchev–Trinajstić information content (AvgIpc) is 3.32. The fraction of sp³-hybridized carbons (Fsp3) is 0.154. The lowest BCUT2D eigenvalue weighted by atomic mass is 10.2. The lowest BCUT2D eigenvalue weighted by Crippen LogP contribution is -2.22. The first-order chi connectivity index (χ1) is 17.1. The number of benzene rings is 3. The summed E-state index contributed by atoms with van der Waals surface area (Å²) in [5.74, 6) is 1.68. The zero-order valence-corrected chi connectivity index (χ0v) is 20.2. The molecule has 1 atom stereocenters.